The molecule has 1 heterocycles. The Bertz CT molecular complexity index is 606. The van der Waals surface area contributed by atoms with Crippen LogP contribution in [-0.4, -0.2) is 40.0 Å². The number of nitrogens with one attached hydrogen (secondary N) is 1. The second-order valence-electron chi connectivity index (χ2n) is 3.63. The fraction of sp³-hybridized carbons (Fsp3) is 0.182. The van der Waals surface area contributed by atoms with Crippen LogP contribution in [0, 0.1) is 0 Å². The number of imidazole rings is 1. The van der Waals surface area contributed by atoms with Crippen molar-refractivity contribution in [3.05, 3.63) is 30.1 Å². The van der Waals surface area contributed by atoms with E-state index in [4.69, 9.17) is 5.73 Å². The highest BCUT2D eigenvalue weighted by atomic mass is 32.2. The third-order valence-corrected chi connectivity index (χ3v) is 2.87. The van der Waals surface area contributed by atoms with E-state index in [0.29, 0.717) is 5.56 Å². The lowest BCUT2D eigenvalue weighted by Gasteiger charge is -2.15. The first kappa shape index (κ1) is 12.4. The Morgan fingerprint density at radius 1 is 1.56 bits per heavy atom. The smallest absolute Gasteiger partial charge is 0.260 e. The minimum atomic E-state index is -0.207. The van der Waals surface area contributed by atoms with Crippen LogP contribution in [0.2, 0.25) is 0 Å². The van der Waals surface area contributed by atoms with Gasteiger partial charge in [0.2, 0.25) is 5.96 Å². The number of amides is 1. The van der Waals surface area contributed by atoms with Gasteiger partial charge in [-0.15, -0.1) is 0 Å². The van der Waals surface area contributed by atoms with Gasteiger partial charge in [0, 0.05) is 18.9 Å². The van der Waals surface area contributed by atoms with Crippen LogP contribution in [0.15, 0.2) is 28.9 Å². The van der Waals surface area contributed by atoms with Crippen LogP contribution in [0.5, 0.6) is 0 Å². The third kappa shape index (κ3) is 2.30. The number of carbonyl (C=O) groups excluding carboxylic acids is 1. The largest absolute Gasteiger partial charge is 0.369 e. The van der Waals surface area contributed by atoms with E-state index >= 15 is 0 Å². The van der Waals surface area contributed by atoms with Crippen molar-refractivity contribution >= 4 is 34.8 Å². The van der Waals surface area contributed by atoms with Crippen LogP contribution in [0.4, 0.5) is 0 Å². The molecule has 0 saturated heterocycles. The molecule has 0 aliphatic carbocycles. The molecule has 1 aromatic carbocycles. The number of carbonyl (C=O) groups is 1. The van der Waals surface area contributed by atoms with Gasteiger partial charge >= 0.3 is 0 Å². The molecule has 94 valence electrons. The number of hydrogen-bond donors (Lipinski definition) is 2. The van der Waals surface area contributed by atoms with Crippen molar-refractivity contribution in [2.75, 3.05) is 13.3 Å². The Kier molecular flexibility index (Phi) is 3.52. The van der Waals surface area contributed by atoms with Crippen LogP contribution in [0.3, 0.4) is 0 Å². The van der Waals surface area contributed by atoms with Crippen LogP contribution >= 0.6 is 11.9 Å². The second-order valence-corrected chi connectivity index (χ2v) is 4.18. The Morgan fingerprint density at radius 3 is 3.06 bits per heavy atom. The zero-order chi connectivity index (χ0) is 13.1. The van der Waals surface area contributed by atoms with Crippen LogP contribution in [-0.2, 0) is 0 Å². The van der Waals surface area contributed by atoms with E-state index in [1.165, 1.54) is 16.8 Å². The molecule has 2 aromatic rings. The molecule has 0 fully saturated rings. The van der Waals surface area contributed by atoms with Crippen molar-refractivity contribution in [1.82, 2.24) is 14.9 Å². The standard InChI is InChI=1S/C11H13N5OS/c1-16(11(12)15-18-2)10(17)7-3-4-8-9(5-7)14-6-13-8/h3-6H,1-2H3,(H2,12,15)(H,13,14). The van der Waals surface area contributed by atoms with Crippen LogP contribution in [0.1, 0.15) is 10.4 Å². The van der Waals surface area contributed by atoms with Gasteiger partial charge in [0.05, 0.1) is 17.4 Å². The Labute approximate surface area is 108 Å². The van der Waals surface area contributed by atoms with Gasteiger partial charge in [-0.2, -0.15) is 4.40 Å². The maximum Gasteiger partial charge on any atom is 0.260 e. The summed E-state index contributed by atoms with van der Waals surface area (Å²) in [5.41, 5.74) is 7.84. The first-order valence-corrected chi connectivity index (χ1v) is 6.39. The summed E-state index contributed by atoms with van der Waals surface area (Å²) in [6, 6.07) is 5.25. The average molecular weight is 263 g/mol. The van der Waals surface area contributed by atoms with E-state index in [1.54, 1.807) is 37.8 Å². The summed E-state index contributed by atoms with van der Waals surface area (Å²) in [6.45, 7) is 0. The lowest BCUT2D eigenvalue weighted by atomic mass is 10.2. The number of nitrogens with zero attached hydrogens (tertiary/aromatic N) is 3. The van der Waals surface area contributed by atoms with Gasteiger partial charge in [-0.25, -0.2) is 4.98 Å². The molecule has 0 aliphatic rings. The molecule has 0 radical (unpaired) electrons. The molecule has 0 bridgehead atoms. The lowest BCUT2D eigenvalue weighted by molar-refractivity contribution is 0.0870. The molecule has 3 N–H and O–H groups in total. The number of aromatic nitrogens is 2. The number of rotatable bonds is 2. The highest BCUT2D eigenvalue weighted by molar-refractivity contribution is 7.97. The molecule has 0 spiro atoms. The summed E-state index contributed by atoms with van der Waals surface area (Å²) in [5.74, 6) is -0.0287. The highest BCUT2D eigenvalue weighted by Gasteiger charge is 2.15. The number of nitrogens with two attached hydrogens (primary N) is 1. The van der Waals surface area contributed by atoms with Gasteiger partial charge in [0.1, 0.15) is 0 Å². The monoisotopic (exact) mass is 263 g/mol. The number of benzene rings is 1. The van der Waals surface area contributed by atoms with Crippen molar-refractivity contribution in [2.45, 2.75) is 0 Å². The van der Waals surface area contributed by atoms with Gasteiger partial charge in [0.15, 0.2) is 0 Å². The molecule has 1 aromatic heterocycles. The van der Waals surface area contributed by atoms with Gasteiger partial charge < -0.3 is 10.7 Å². The van der Waals surface area contributed by atoms with E-state index in [1.807, 2.05) is 0 Å². The normalized spacial score (nSPS) is 11.8. The van der Waals surface area contributed by atoms with Gasteiger partial charge in [-0.05, 0) is 30.1 Å². The summed E-state index contributed by atoms with van der Waals surface area (Å²) in [4.78, 5) is 20.5. The van der Waals surface area contributed by atoms with Crippen molar-refractivity contribution in [1.29, 1.82) is 0 Å². The molecule has 1 amide bonds. The average Bonchev–Trinajstić information content (AvgIpc) is 2.84. The first-order valence-electron chi connectivity index (χ1n) is 5.21. The van der Waals surface area contributed by atoms with Gasteiger partial charge in [0.25, 0.3) is 5.91 Å². The zero-order valence-corrected chi connectivity index (χ0v) is 10.9. The van der Waals surface area contributed by atoms with E-state index in [0.717, 1.165) is 11.0 Å². The number of hydrogen-bond acceptors (Lipinski definition) is 4. The maximum absolute atomic E-state index is 12.1. The lowest BCUT2D eigenvalue weighted by Crippen LogP contribution is -2.38. The molecule has 7 heteroatoms. The highest BCUT2D eigenvalue weighted by Crippen LogP contribution is 2.13. The van der Waals surface area contributed by atoms with E-state index < -0.39 is 0 Å². The molecule has 0 aliphatic heterocycles. The summed E-state index contributed by atoms with van der Waals surface area (Å²) in [7, 11) is 1.59. The summed E-state index contributed by atoms with van der Waals surface area (Å²) in [5, 5.41) is 0. The third-order valence-electron chi connectivity index (χ3n) is 2.50. The molecule has 18 heavy (non-hydrogen) atoms. The Hall–Kier alpha value is -2.02. The second kappa shape index (κ2) is 5.09. The van der Waals surface area contributed by atoms with E-state index in [-0.39, 0.29) is 11.9 Å². The van der Waals surface area contributed by atoms with Crippen molar-refractivity contribution < 1.29 is 4.79 Å². The van der Waals surface area contributed by atoms with E-state index in [2.05, 4.69) is 14.4 Å². The summed E-state index contributed by atoms with van der Waals surface area (Å²) < 4.78 is 3.92. The minimum absolute atomic E-state index is 0.178. The maximum atomic E-state index is 12.1. The number of aromatic amines is 1. The molecule has 0 saturated carbocycles. The predicted molar refractivity (Wildman–Crippen MR) is 73.3 cm³/mol. The Balaban J connectivity index is 2.30. The molecule has 0 atom stereocenters. The zero-order valence-electron chi connectivity index (χ0n) is 10.0. The molecular weight excluding hydrogens is 250 g/mol. The fourth-order valence-electron chi connectivity index (χ4n) is 1.52. The van der Waals surface area contributed by atoms with Gasteiger partial charge in [-0.1, -0.05) is 0 Å². The Morgan fingerprint density at radius 2 is 2.33 bits per heavy atom. The quantitative estimate of drug-likeness (QED) is 0.484. The number of guanidine groups is 1. The predicted octanol–water partition coefficient (Wildman–Crippen LogP) is 1.23. The minimum Gasteiger partial charge on any atom is -0.369 e. The molecular formula is C11H13N5OS. The molecule has 2 rings (SSSR count). The van der Waals surface area contributed by atoms with Crippen molar-refractivity contribution in [2.24, 2.45) is 10.1 Å². The number of fused-ring (bicyclic) bond motifs is 1. The summed E-state index contributed by atoms with van der Waals surface area (Å²) in [6.07, 6.45) is 3.37. The molecule has 0 unspecified atom stereocenters. The van der Waals surface area contributed by atoms with Crippen LogP contribution in [0.25, 0.3) is 11.0 Å². The SMILES string of the molecule is CSN=C(N)N(C)C(=O)c1ccc2nc[nH]c2c1. The first-order chi connectivity index (χ1) is 8.63. The van der Waals surface area contributed by atoms with Crippen molar-refractivity contribution in [3.63, 3.8) is 0 Å². The fourth-order valence-corrected chi connectivity index (χ4v) is 1.83. The molecule has 6 nitrogen and oxygen atoms in total. The summed E-state index contributed by atoms with van der Waals surface area (Å²) >= 11 is 1.21. The van der Waals surface area contributed by atoms with Crippen LogP contribution < -0.4 is 5.73 Å². The van der Waals surface area contributed by atoms with Crippen molar-refractivity contribution in [3.8, 4) is 0 Å². The number of H-pyrrole nitrogens is 1. The van der Waals surface area contributed by atoms with E-state index in [9.17, 15) is 4.79 Å². The van der Waals surface area contributed by atoms with Gasteiger partial charge in [-0.3, -0.25) is 9.69 Å². The topological polar surface area (TPSA) is 87.4 Å².